The minimum absolute atomic E-state index is 0.124. The molecular formula is C46H61N7O4. The van der Waals surface area contributed by atoms with E-state index in [1.54, 1.807) is 43.3 Å². The average molecular weight is 776 g/mol. The molecule has 57 heavy (non-hydrogen) atoms. The van der Waals surface area contributed by atoms with Crippen LogP contribution in [0.4, 0.5) is 11.4 Å². The summed E-state index contributed by atoms with van der Waals surface area (Å²) >= 11 is 0. The van der Waals surface area contributed by atoms with Gasteiger partial charge in [0.25, 0.3) is 5.91 Å². The van der Waals surface area contributed by atoms with Crippen molar-refractivity contribution in [3.8, 4) is 5.75 Å². The fourth-order valence-electron chi connectivity index (χ4n) is 5.05. The van der Waals surface area contributed by atoms with Crippen LogP contribution in [-0.2, 0) is 15.9 Å². The number of amides is 1. The molecule has 0 saturated carbocycles. The van der Waals surface area contributed by atoms with Crippen LogP contribution in [0.3, 0.4) is 0 Å². The minimum atomic E-state index is -0.124. The quantitative estimate of drug-likeness (QED) is 0.0214. The molecule has 0 aliphatic heterocycles. The minimum Gasteiger partial charge on any atom is -0.508 e. The smallest absolute Gasteiger partial charge is 0.251 e. The predicted octanol–water partition coefficient (Wildman–Crippen LogP) is 8.60. The molecule has 0 fully saturated rings. The van der Waals surface area contributed by atoms with E-state index in [-0.39, 0.29) is 11.7 Å². The van der Waals surface area contributed by atoms with E-state index in [0.717, 1.165) is 42.0 Å². The molecule has 0 atom stereocenters. The summed E-state index contributed by atoms with van der Waals surface area (Å²) in [6, 6.07) is 34.4. The normalized spacial score (nSPS) is 11.5. The van der Waals surface area contributed by atoms with Gasteiger partial charge in [-0.1, -0.05) is 107 Å². The van der Waals surface area contributed by atoms with E-state index in [2.05, 4.69) is 106 Å². The SMILES string of the molecule is C=C(NC(=NC(C)=NCCOCCOCCNC(=O)c1ccccc1)Nc1ccc(O)cc1)Nc1ccc(/C(=C/CC)NCCc2ccccc2)cc1.CCCC. The third-order valence-electron chi connectivity index (χ3n) is 8.16. The zero-order valence-corrected chi connectivity index (χ0v) is 34.0. The second-order valence-corrected chi connectivity index (χ2v) is 12.9. The van der Waals surface area contributed by atoms with Gasteiger partial charge < -0.3 is 41.2 Å². The molecule has 0 heterocycles. The third kappa shape index (κ3) is 19.5. The molecule has 0 aliphatic carbocycles. The Bertz CT molecular complexity index is 1810. The summed E-state index contributed by atoms with van der Waals surface area (Å²) in [5, 5.41) is 25.9. The molecule has 11 heteroatoms. The number of hydrogen-bond donors (Lipinski definition) is 6. The van der Waals surface area contributed by atoms with Crippen molar-refractivity contribution in [2.75, 3.05) is 56.7 Å². The number of carbonyl (C=O) groups is 1. The Morgan fingerprint density at radius 1 is 0.719 bits per heavy atom. The Kier molecular flexibility index (Phi) is 22.0. The highest BCUT2D eigenvalue weighted by Gasteiger charge is 2.07. The highest BCUT2D eigenvalue weighted by atomic mass is 16.5. The molecule has 4 aromatic carbocycles. The standard InChI is InChI=1S/C42H51N7O4.C4H10/c1-4-11-40(44-25-24-34-12-7-5-8-13-34)35-16-18-37(19-17-35)46-33(3)48-42(49-38-20-22-39(50)23-21-38)47-32(2)43-26-28-52-30-31-53-29-27-45-41(51)36-14-9-6-10-15-36;1-3-4-2/h5-23,44,46,50H,3-4,24-31H2,1-2H3,(H,45,51)(H2,43,47,48,49);3-4H2,1-2H3/b40-11-;. The Labute approximate surface area is 339 Å². The molecule has 4 rings (SSSR count). The summed E-state index contributed by atoms with van der Waals surface area (Å²) in [6.45, 7) is 15.7. The van der Waals surface area contributed by atoms with Crippen molar-refractivity contribution in [2.24, 2.45) is 9.98 Å². The number of anilines is 2. The molecule has 11 nitrogen and oxygen atoms in total. The number of phenolic OH excluding ortho intramolecular Hbond substituents is 1. The Balaban J connectivity index is 0.00000207. The van der Waals surface area contributed by atoms with Crippen LogP contribution in [0.25, 0.3) is 5.70 Å². The van der Waals surface area contributed by atoms with Crippen LogP contribution in [-0.4, -0.2) is 68.9 Å². The molecule has 0 unspecified atom stereocenters. The molecule has 0 saturated heterocycles. The van der Waals surface area contributed by atoms with Crippen molar-refractivity contribution in [1.29, 1.82) is 0 Å². The van der Waals surface area contributed by atoms with Gasteiger partial charge in [-0.05, 0) is 79.4 Å². The maximum Gasteiger partial charge on any atom is 0.251 e. The lowest BCUT2D eigenvalue weighted by Gasteiger charge is -2.17. The highest BCUT2D eigenvalue weighted by molar-refractivity contribution is 6.02. The lowest BCUT2D eigenvalue weighted by atomic mass is 10.1. The maximum absolute atomic E-state index is 12.1. The second kappa shape index (κ2) is 27.6. The molecule has 0 spiro atoms. The lowest BCUT2D eigenvalue weighted by Crippen LogP contribution is -2.33. The van der Waals surface area contributed by atoms with Gasteiger partial charge in [0.05, 0.1) is 33.0 Å². The van der Waals surface area contributed by atoms with E-state index in [4.69, 9.17) is 9.47 Å². The Morgan fingerprint density at radius 2 is 1.33 bits per heavy atom. The highest BCUT2D eigenvalue weighted by Crippen LogP contribution is 2.18. The molecule has 1 amide bonds. The Morgan fingerprint density at radius 3 is 1.98 bits per heavy atom. The number of allylic oxidation sites excluding steroid dienone is 1. The molecule has 6 N–H and O–H groups in total. The van der Waals surface area contributed by atoms with Crippen molar-refractivity contribution in [1.82, 2.24) is 16.0 Å². The van der Waals surface area contributed by atoms with Gasteiger partial charge in [0.1, 0.15) is 17.4 Å². The molecular weight excluding hydrogens is 715 g/mol. The average Bonchev–Trinajstić information content (AvgIpc) is 3.23. The van der Waals surface area contributed by atoms with Gasteiger partial charge in [-0.2, -0.15) is 0 Å². The summed E-state index contributed by atoms with van der Waals surface area (Å²) in [7, 11) is 0. The summed E-state index contributed by atoms with van der Waals surface area (Å²) in [5.41, 5.74) is 5.71. The number of rotatable bonds is 21. The summed E-state index contributed by atoms with van der Waals surface area (Å²) in [4.78, 5) is 21.2. The van der Waals surface area contributed by atoms with E-state index in [0.29, 0.717) is 62.7 Å². The number of ether oxygens (including phenoxy) is 2. The van der Waals surface area contributed by atoms with E-state index < -0.39 is 0 Å². The van der Waals surface area contributed by atoms with Crippen LogP contribution in [0, 0.1) is 0 Å². The van der Waals surface area contributed by atoms with Crippen LogP contribution in [0.15, 0.2) is 138 Å². The van der Waals surface area contributed by atoms with E-state index in [9.17, 15) is 9.90 Å². The van der Waals surface area contributed by atoms with Crippen LogP contribution in [0.1, 0.15) is 68.4 Å². The zero-order chi connectivity index (χ0) is 40.9. The van der Waals surface area contributed by atoms with Gasteiger partial charge in [0.2, 0.25) is 5.96 Å². The van der Waals surface area contributed by atoms with E-state index >= 15 is 0 Å². The lowest BCUT2D eigenvalue weighted by molar-refractivity contribution is 0.0512. The summed E-state index contributed by atoms with van der Waals surface area (Å²) < 4.78 is 11.2. The number of carbonyl (C=O) groups excluding carboxylic acids is 1. The van der Waals surface area contributed by atoms with Gasteiger partial charge in [0, 0.05) is 35.7 Å². The maximum atomic E-state index is 12.1. The van der Waals surface area contributed by atoms with Gasteiger partial charge in [-0.15, -0.1) is 0 Å². The molecule has 0 aromatic heterocycles. The number of nitrogens with zero attached hydrogens (tertiary/aromatic N) is 2. The number of guanidine groups is 1. The van der Waals surface area contributed by atoms with Gasteiger partial charge in [-0.25, -0.2) is 4.99 Å². The predicted molar refractivity (Wildman–Crippen MR) is 237 cm³/mol. The third-order valence-corrected chi connectivity index (χ3v) is 8.16. The first kappa shape index (κ1) is 45.5. The molecule has 304 valence electrons. The Hall–Kier alpha value is -5.91. The summed E-state index contributed by atoms with van der Waals surface area (Å²) in [6.07, 6.45) is 6.71. The number of amidine groups is 1. The van der Waals surface area contributed by atoms with E-state index in [1.165, 1.54) is 18.4 Å². The van der Waals surface area contributed by atoms with Gasteiger partial charge >= 0.3 is 0 Å². The summed E-state index contributed by atoms with van der Waals surface area (Å²) in [5.74, 6) is 1.47. The number of hydrogen-bond acceptors (Lipinski definition) is 7. The molecule has 4 aromatic rings. The first-order valence-electron chi connectivity index (χ1n) is 19.8. The van der Waals surface area contributed by atoms with Gasteiger partial charge in [-0.3, -0.25) is 9.79 Å². The number of aliphatic imine (C=N–C) groups is 2. The van der Waals surface area contributed by atoms with Crippen LogP contribution in [0.5, 0.6) is 5.75 Å². The van der Waals surface area contributed by atoms with Crippen molar-refractivity contribution < 1.29 is 19.4 Å². The van der Waals surface area contributed by atoms with Crippen molar-refractivity contribution >= 4 is 34.8 Å². The van der Waals surface area contributed by atoms with Gasteiger partial charge in [0.15, 0.2) is 0 Å². The number of phenols is 1. The second-order valence-electron chi connectivity index (χ2n) is 12.9. The topological polar surface area (TPSA) is 141 Å². The number of benzene rings is 4. The van der Waals surface area contributed by atoms with Crippen molar-refractivity contribution in [2.45, 2.75) is 53.4 Å². The molecule has 0 radical (unpaired) electrons. The first-order valence-corrected chi connectivity index (χ1v) is 19.8. The zero-order valence-electron chi connectivity index (χ0n) is 34.0. The van der Waals surface area contributed by atoms with Crippen LogP contribution >= 0.6 is 0 Å². The molecule has 0 bridgehead atoms. The first-order chi connectivity index (χ1) is 27.8. The van der Waals surface area contributed by atoms with Crippen LogP contribution < -0.4 is 26.6 Å². The monoisotopic (exact) mass is 775 g/mol. The largest absolute Gasteiger partial charge is 0.508 e. The van der Waals surface area contributed by atoms with Crippen molar-refractivity contribution in [3.63, 3.8) is 0 Å². The number of unbranched alkanes of at least 4 members (excludes halogenated alkanes) is 1. The fraction of sp³-hybridized carbons (Fsp3) is 0.326. The van der Waals surface area contributed by atoms with E-state index in [1.807, 2.05) is 36.4 Å². The number of aromatic hydroxyl groups is 1. The molecule has 0 aliphatic rings. The fourth-order valence-corrected chi connectivity index (χ4v) is 5.05. The number of nitrogens with one attached hydrogen (secondary N) is 5. The van der Waals surface area contributed by atoms with Crippen molar-refractivity contribution in [3.05, 3.63) is 144 Å². The van der Waals surface area contributed by atoms with Crippen LogP contribution in [0.2, 0.25) is 0 Å².